The molecular formula is C16H11BrCl2N2. The number of hydrogen-bond donors (Lipinski definition) is 2. The van der Waals surface area contributed by atoms with E-state index < -0.39 is 0 Å². The van der Waals surface area contributed by atoms with E-state index in [-0.39, 0.29) is 0 Å². The summed E-state index contributed by atoms with van der Waals surface area (Å²) in [5.74, 6) is 0. The van der Waals surface area contributed by atoms with Gasteiger partial charge in [0.15, 0.2) is 0 Å². The van der Waals surface area contributed by atoms with Gasteiger partial charge in [0.1, 0.15) is 0 Å². The Hall–Kier alpha value is -1.42. The Labute approximate surface area is 141 Å². The molecule has 3 rings (SSSR count). The van der Waals surface area contributed by atoms with Crippen molar-refractivity contribution in [3.63, 3.8) is 0 Å². The van der Waals surface area contributed by atoms with Gasteiger partial charge in [-0.3, -0.25) is 0 Å². The maximum absolute atomic E-state index is 6.03. The first-order valence-corrected chi connectivity index (χ1v) is 7.79. The molecule has 5 heteroatoms. The molecule has 106 valence electrons. The summed E-state index contributed by atoms with van der Waals surface area (Å²) in [5.41, 5.74) is 8.19. The minimum absolute atomic E-state index is 0.447. The molecule has 0 fully saturated rings. The molecule has 0 saturated heterocycles. The zero-order valence-corrected chi connectivity index (χ0v) is 13.9. The minimum Gasteiger partial charge on any atom is -0.397 e. The highest BCUT2D eigenvalue weighted by molar-refractivity contribution is 9.10. The maximum Gasteiger partial charge on any atom is 0.0633 e. The molecular weight excluding hydrogens is 371 g/mol. The zero-order valence-electron chi connectivity index (χ0n) is 10.8. The van der Waals surface area contributed by atoms with Gasteiger partial charge in [0.05, 0.1) is 21.4 Å². The fourth-order valence-electron chi connectivity index (χ4n) is 2.12. The maximum atomic E-state index is 6.03. The van der Waals surface area contributed by atoms with E-state index in [0.29, 0.717) is 15.7 Å². The Morgan fingerprint density at radius 3 is 2.33 bits per heavy atom. The summed E-state index contributed by atoms with van der Waals surface area (Å²) >= 11 is 15.4. The van der Waals surface area contributed by atoms with Gasteiger partial charge >= 0.3 is 0 Å². The Morgan fingerprint density at radius 1 is 0.857 bits per heavy atom. The minimum atomic E-state index is 0.447. The van der Waals surface area contributed by atoms with Gasteiger partial charge in [0.25, 0.3) is 0 Å². The quantitative estimate of drug-likeness (QED) is 0.516. The number of fused-ring (bicyclic) bond motifs is 1. The van der Waals surface area contributed by atoms with Crippen LogP contribution in [0.15, 0.2) is 53.0 Å². The summed E-state index contributed by atoms with van der Waals surface area (Å²) in [7, 11) is 0. The molecule has 0 amide bonds. The fraction of sp³-hybridized carbons (Fsp3) is 0. The highest BCUT2D eigenvalue weighted by Gasteiger charge is 2.06. The van der Waals surface area contributed by atoms with E-state index in [1.807, 2.05) is 12.1 Å². The van der Waals surface area contributed by atoms with Gasteiger partial charge in [-0.25, -0.2) is 0 Å². The molecule has 0 aliphatic carbocycles. The number of nitrogens with one attached hydrogen (secondary N) is 1. The van der Waals surface area contributed by atoms with E-state index in [1.54, 1.807) is 12.1 Å². The number of benzene rings is 3. The molecule has 0 atom stereocenters. The predicted octanol–water partition coefficient (Wildman–Crippen LogP) is 6.23. The normalized spacial score (nSPS) is 10.8. The van der Waals surface area contributed by atoms with Crippen LogP contribution in [0, 0.1) is 0 Å². The Morgan fingerprint density at radius 2 is 1.52 bits per heavy atom. The molecule has 0 saturated carbocycles. The summed E-state index contributed by atoms with van der Waals surface area (Å²) in [5, 5.41) is 6.49. The number of nitrogens with two attached hydrogens (primary N) is 1. The van der Waals surface area contributed by atoms with Gasteiger partial charge in [-0.2, -0.15) is 0 Å². The smallest absolute Gasteiger partial charge is 0.0633 e. The van der Waals surface area contributed by atoms with Crippen LogP contribution in [0.2, 0.25) is 10.0 Å². The standard InChI is InChI=1S/C16H11BrCl2N2/c17-11-3-1-10-6-12(4-2-9(10)5-11)21-16-8-14(19)13(18)7-15(16)20/h1-8,21H,20H2. The van der Waals surface area contributed by atoms with Gasteiger partial charge in [0.2, 0.25) is 0 Å². The summed E-state index contributed by atoms with van der Waals surface area (Å²) in [4.78, 5) is 0. The second kappa shape index (κ2) is 5.76. The lowest BCUT2D eigenvalue weighted by molar-refractivity contribution is 1.56. The van der Waals surface area contributed by atoms with Crippen molar-refractivity contribution >= 4 is 67.0 Å². The van der Waals surface area contributed by atoms with Crippen LogP contribution >= 0.6 is 39.1 Å². The second-order valence-corrected chi connectivity index (χ2v) is 6.41. The molecule has 0 unspecified atom stereocenters. The van der Waals surface area contributed by atoms with E-state index in [0.717, 1.165) is 26.6 Å². The molecule has 3 N–H and O–H groups in total. The first-order chi connectivity index (χ1) is 10.0. The topological polar surface area (TPSA) is 38.0 Å². The summed E-state index contributed by atoms with van der Waals surface area (Å²) in [6.45, 7) is 0. The highest BCUT2D eigenvalue weighted by atomic mass is 79.9. The van der Waals surface area contributed by atoms with Crippen molar-refractivity contribution in [3.05, 3.63) is 63.0 Å². The number of rotatable bonds is 2. The third-order valence-corrected chi connectivity index (χ3v) is 4.39. The van der Waals surface area contributed by atoms with Crippen molar-refractivity contribution in [2.45, 2.75) is 0 Å². The summed E-state index contributed by atoms with van der Waals surface area (Å²) in [6, 6.07) is 15.6. The monoisotopic (exact) mass is 380 g/mol. The van der Waals surface area contributed by atoms with Gasteiger partial charge in [-0.05, 0) is 47.2 Å². The highest BCUT2D eigenvalue weighted by Crippen LogP contribution is 2.33. The van der Waals surface area contributed by atoms with Crippen molar-refractivity contribution in [1.29, 1.82) is 0 Å². The molecule has 2 nitrogen and oxygen atoms in total. The molecule has 0 bridgehead atoms. The number of nitrogen functional groups attached to an aromatic ring is 1. The van der Waals surface area contributed by atoms with Crippen molar-refractivity contribution in [2.24, 2.45) is 0 Å². The fourth-order valence-corrected chi connectivity index (χ4v) is 2.83. The van der Waals surface area contributed by atoms with Gasteiger partial charge < -0.3 is 11.1 Å². The van der Waals surface area contributed by atoms with Crippen LogP contribution in [0.3, 0.4) is 0 Å². The van der Waals surface area contributed by atoms with E-state index in [4.69, 9.17) is 28.9 Å². The summed E-state index contributed by atoms with van der Waals surface area (Å²) in [6.07, 6.45) is 0. The average molecular weight is 382 g/mol. The third kappa shape index (κ3) is 3.10. The van der Waals surface area contributed by atoms with Crippen molar-refractivity contribution in [2.75, 3.05) is 11.1 Å². The molecule has 21 heavy (non-hydrogen) atoms. The van der Waals surface area contributed by atoms with Crippen LogP contribution in [0.1, 0.15) is 0 Å². The third-order valence-electron chi connectivity index (χ3n) is 3.17. The van der Waals surface area contributed by atoms with Crippen LogP contribution in [-0.2, 0) is 0 Å². The molecule has 0 radical (unpaired) electrons. The van der Waals surface area contributed by atoms with Crippen LogP contribution in [0.25, 0.3) is 10.8 Å². The Balaban J connectivity index is 1.98. The molecule has 0 heterocycles. The van der Waals surface area contributed by atoms with E-state index in [1.165, 1.54) is 0 Å². The molecule has 0 aromatic heterocycles. The SMILES string of the molecule is Nc1cc(Cl)c(Cl)cc1Nc1ccc2cc(Br)ccc2c1. The van der Waals surface area contributed by atoms with Crippen LogP contribution in [-0.4, -0.2) is 0 Å². The lowest BCUT2D eigenvalue weighted by Crippen LogP contribution is -1.96. The largest absolute Gasteiger partial charge is 0.397 e. The molecule has 0 aliphatic rings. The van der Waals surface area contributed by atoms with Crippen LogP contribution in [0.4, 0.5) is 17.1 Å². The van der Waals surface area contributed by atoms with Crippen molar-refractivity contribution in [3.8, 4) is 0 Å². The number of halogens is 3. The molecule has 0 aliphatic heterocycles. The first-order valence-electron chi connectivity index (χ1n) is 6.24. The Bertz CT molecular complexity index is 834. The molecule has 0 spiro atoms. The summed E-state index contributed by atoms with van der Waals surface area (Å²) < 4.78 is 1.06. The average Bonchev–Trinajstić information content (AvgIpc) is 2.45. The molecule has 3 aromatic rings. The Kier molecular flexibility index (Phi) is 3.98. The van der Waals surface area contributed by atoms with Crippen LogP contribution in [0.5, 0.6) is 0 Å². The van der Waals surface area contributed by atoms with E-state index >= 15 is 0 Å². The van der Waals surface area contributed by atoms with Gasteiger partial charge in [0, 0.05) is 10.2 Å². The van der Waals surface area contributed by atoms with Crippen molar-refractivity contribution in [1.82, 2.24) is 0 Å². The second-order valence-electron chi connectivity index (χ2n) is 4.68. The lowest BCUT2D eigenvalue weighted by Gasteiger charge is -2.11. The number of hydrogen-bond acceptors (Lipinski definition) is 2. The van der Waals surface area contributed by atoms with E-state index in [9.17, 15) is 0 Å². The lowest BCUT2D eigenvalue weighted by atomic mass is 10.1. The van der Waals surface area contributed by atoms with Gasteiger partial charge in [-0.15, -0.1) is 0 Å². The molecule has 3 aromatic carbocycles. The van der Waals surface area contributed by atoms with Gasteiger partial charge in [-0.1, -0.05) is 51.3 Å². The van der Waals surface area contributed by atoms with E-state index in [2.05, 4.69) is 45.5 Å². The van der Waals surface area contributed by atoms with Crippen molar-refractivity contribution < 1.29 is 0 Å². The van der Waals surface area contributed by atoms with Crippen LogP contribution < -0.4 is 11.1 Å². The number of anilines is 3. The first kappa shape index (κ1) is 14.5. The predicted molar refractivity (Wildman–Crippen MR) is 95.8 cm³/mol. The zero-order chi connectivity index (χ0) is 15.0.